The second-order valence-electron chi connectivity index (χ2n) is 4.57. The summed E-state index contributed by atoms with van der Waals surface area (Å²) >= 11 is 0. The van der Waals surface area contributed by atoms with E-state index in [0.717, 1.165) is 25.5 Å². The fourth-order valence-electron chi connectivity index (χ4n) is 1.62. The first-order valence-corrected chi connectivity index (χ1v) is 5.45. The Bertz CT molecular complexity index is 160. The van der Waals surface area contributed by atoms with Crippen LogP contribution in [-0.4, -0.2) is 24.8 Å². The zero-order valence-corrected chi connectivity index (χ0v) is 9.39. The largest absolute Gasteiger partial charge is 0.377 e. The van der Waals surface area contributed by atoms with E-state index in [2.05, 4.69) is 33.0 Å². The summed E-state index contributed by atoms with van der Waals surface area (Å²) in [6.07, 6.45) is 2.75. The first-order chi connectivity index (χ1) is 6.08. The van der Waals surface area contributed by atoms with Gasteiger partial charge in [-0.2, -0.15) is 0 Å². The molecule has 2 heteroatoms. The van der Waals surface area contributed by atoms with Crippen LogP contribution in [0.25, 0.3) is 0 Å². The molecule has 0 saturated carbocycles. The molecule has 0 radical (unpaired) electrons. The molecule has 0 aromatic carbocycles. The standard InChI is InChI=1S/C11H23NO/c1-5-9(2)8-12-11(4)6-7-13-10(11)3/h9-10,12H,5-8H2,1-4H3. The van der Waals surface area contributed by atoms with Crippen LogP contribution in [0.3, 0.4) is 0 Å². The highest BCUT2D eigenvalue weighted by Gasteiger charge is 2.36. The molecule has 0 bridgehead atoms. The second-order valence-corrected chi connectivity index (χ2v) is 4.57. The van der Waals surface area contributed by atoms with Gasteiger partial charge in [0.1, 0.15) is 0 Å². The van der Waals surface area contributed by atoms with Gasteiger partial charge >= 0.3 is 0 Å². The van der Waals surface area contributed by atoms with Gasteiger partial charge in [-0.25, -0.2) is 0 Å². The second kappa shape index (κ2) is 4.43. The molecule has 78 valence electrons. The Hall–Kier alpha value is -0.0800. The molecule has 0 aromatic rings. The van der Waals surface area contributed by atoms with Crippen LogP contribution in [-0.2, 0) is 4.74 Å². The smallest absolute Gasteiger partial charge is 0.0726 e. The van der Waals surface area contributed by atoms with E-state index in [4.69, 9.17) is 4.74 Å². The minimum Gasteiger partial charge on any atom is -0.377 e. The summed E-state index contributed by atoms with van der Waals surface area (Å²) < 4.78 is 5.57. The van der Waals surface area contributed by atoms with Crippen molar-refractivity contribution in [2.75, 3.05) is 13.2 Å². The van der Waals surface area contributed by atoms with Crippen LogP contribution in [0.2, 0.25) is 0 Å². The first kappa shape index (κ1) is 11.0. The van der Waals surface area contributed by atoms with Gasteiger partial charge in [-0.1, -0.05) is 20.3 Å². The van der Waals surface area contributed by atoms with Gasteiger partial charge in [0, 0.05) is 12.1 Å². The van der Waals surface area contributed by atoms with Crippen molar-refractivity contribution in [1.82, 2.24) is 5.32 Å². The van der Waals surface area contributed by atoms with Gasteiger partial charge in [0.2, 0.25) is 0 Å². The minimum atomic E-state index is 0.212. The van der Waals surface area contributed by atoms with Crippen molar-refractivity contribution >= 4 is 0 Å². The van der Waals surface area contributed by atoms with Crippen molar-refractivity contribution in [2.24, 2.45) is 5.92 Å². The zero-order chi connectivity index (χ0) is 9.90. The Labute approximate surface area is 82.0 Å². The summed E-state index contributed by atoms with van der Waals surface area (Å²) in [6.45, 7) is 11.0. The Morgan fingerprint density at radius 1 is 1.62 bits per heavy atom. The van der Waals surface area contributed by atoms with Gasteiger partial charge in [0.15, 0.2) is 0 Å². The highest BCUT2D eigenvalue weighted by atomic mass is 16.5. The third kappa shape index (κ3) is 2.68. The van der Waals surface area contributed by atoms with E-state index in [1.165, 1.54) is 6.42 Å². The fourth-order valence-corrected chi connectivity index (χ4v) is 1.62. The highest BCUT2D eigenvalue weighted by Crippen LogP contribution is 2.25. The van der Waals surface area contributed by atoms with Gasteiger partial charge in [0.25, 0.3) is 0 Å². The van der Waals surface area contributed by atoms with Crippen LogP contribution >= 0.6 is 0 Å². The molecule has 1 aliphatic rings. The lowest BCUT2D eigenvalue weighted by molar-refractivity contribution is 0.0873. The van der Waals surface area contributed by atoms with Gasteiger partial charge in [-0.05, 0) is 32.7 Å². The molecule has 1 N–H and O–H groups in total. The summed E-state index contributed by atoms with van der Waals surface area (Å²) in [4.78, 5) is 0. The Kier molecular flexibility index (Phi) is 3.74. The van der Waals surface area contributed by atoms with E-state index in [-0.39, 0.29) is 5.54 Å². The normalized spacial score (nSPS) is 36.5. The summed E-state index contributed by atoms with van der Waals surface area (Å²) in [5, 5.41) is 3.63. The van der Waals surface area contributed by atoms with E-state index >= 15 is 0 Å². The molecular weight excluding hydrogens is 162 g/mol. The highest BCUT2D eigenvalue weighted by molar-refractivity contribution is 4.93. The third-order valence-electron chi connectivity index (χ3n) is 3.44. The molecule has 3 atom stereocenters. The zero-order valence-electron chi connectivity index (χ0n) is 9.39. The molecule has 0 spiro atoms. The molecule has 2 nitrogen and oxygen atoms in total. The van der Waals surface area contributed by atoms with Gasteiger partial charge < -0.3 is 10.1 Å². The number of ether oxygens (including phenoxy) is 1. The fraction of sp³-hybridized carbons (Fsp3) is 1.00. The molecule has 1 saturated heterocycles. The first-order valence-electron chi connectivity index (χ1n) is 5.45. The average molecular weight is 185 g/mol. The molecule has 1 rings (SSSR count). The maximum Gasteiger partial charge on any atom is 0.0726 e. The van der Waals surface area contributed by atoms with Gasteiger partial charge in [0.05, 0.1) is 6.10 Å². The third-order valence-corrected chi connectivity index (χ3v) is 3.44. The van der Waals surface area contributed by atoms with Crippen LogP contribution in [0.5, 0.6) is 0 Å². The Balaban J connectivity index is 2.34. The van der Waals surface area contributed by atoms with Crippen molar-refractivity contribution in [1.29, 1.82) is 0 Å². The lowest BCUT2D eigenvalue weighted by atomic mass is 9.93. The van der Waals surface area contributed by atoms with E-state index in [9.17, 15) is 0 Å². The summed E-state index contributed by atoms with van der Waals surface area (Å²) in [5.41, 5.74) is 0.212. The van der Waals surface area contributed by atoms with Gasteiger partial charge in [-0.15, -0.1) is 0 Å². The van der Waals surface area contributed by atoms with Crippen LogP contribution in [0.4, 0.5) is 0 Å². The molecule has 0 aromatic heterocycles. The van der Waals surface area contributed by atoms with Crippen LogP contribution in [0.15, 0.2) is 0 Å². The topological polar surface area (TPSA) is 21.3 Å². The molecule has 1 aliphatic heterocycles. The van der Waals surface area contributed by atoms with Crippen LogP contribution in [0.1, 0.15) is 40.5 Å². The Morgan fingerprint density at radius 3 is 2.77 bits per heavy atom. The predicted octanol–water partition coefficient (Wildman–Crippen LogP) is 2.19. The number of hydrogen-bond acceptors (Lipinski definition) is 2. The SMILES string of the molecule is CCC(C)CNC1(C)CCOC1C. The average Bonchev–Trinajstić information content (AvgIpc) is 2.44. The minimum absolute atomic E-state index is 0.212. The predicted molar refractivity (Wildman–Crippen MR) is 55.9 cm³/mol. The van der Waals surface area contributed by atoms with E-state index < -0.39 is 0 Å². The lowest BCUT2D eigenvalue weighted by Gasteiger charge is -2.30. The quantitative estimate of drug-likeness (QED) is 0.725. The molecule has 3 unspecified atom stereocenters. The Morgan fingerprint density at radius 2 is 2.31 bits per heavy atom. The van der Waals surface area contributed by atoms with E-state index in [1.54, 1.807) is 0 Å². The molecule has 13 heavy (non-hydrogen) atoms. The number of rotatable bonds is 4. The molecule has 1 heterocycles. The molecule has 1 fully saturated rings. The van der Waals surface area contributed by atoms with E-state index in [1.807, 2.05) is 0 Å². The number of hydrogen-bond donors (Lipinski definition) is 1. The van der Waals surface area contributed by atoms with Crippen LogP contribution in [0, 0.1) is 5.92 Å². The molecule has 0 amide bonds. The summed E-state index contributed by atoms with van der Waals surface area (Å²) in [7, 11) is 0. The number of nitrogens with one attached hydrogen (secondary N) is 1. The molecular formula is C11H23NO. The maximum atomic E-state index is 5.57. The summed E-state index contributed by atoms with van der Waals surface area (Å²) in [5.74, 6) is 0.768. The van der Waals surface area contributed by atoms with Crippen molar-refractivity contribution in [3.05, 3.63) is 0 Å². The van der Waals surface area contributed by atoms with Crippen molar-refractivity contribution in [3.8, 4) is 0 Å². The van der Waals surface area contributed by atoms with Crippen molar-refractivity contribution in [3.63, 3.8) is 0 Å². The lowest BCUT2D eigenvalue weighted by Crippen LogP contribution is -2.49. The molecule has 0 aliphatic carbocycles. The summed E-state index contributed by atoms with van der Waals surface area (Å²) in [6, 6.07) is 0. The van der Waals surface area contributed by atoms with Crippen LogP contribution < -0.4 is 5.32 Å². The van der Waals surface area contributed by atoms with Crippen molar-refractivity contribution in [2.45, 2.75) is 52.2 Å². The maximum absolute atomic E-state index is 5.57. The monoisotopic (exact) mass is 185 g/mol. The van der Waals surface area contributed by atoms with Gasteiger partial charge in [-0.3, -0.25) is 0 Å². The van der Waals surface area contributed by atoms with E-state index in [0.29, 0.717) is 6.10 Å². The van der Waals surface area contributed by atoms with Crippen molar-refractivity contribution < 1.29 is 4.74 Å².